The topological polar surface area (TPSA) is 250 Å². The van der Waals surface area contributed by atoms with Gasteiger partial charge in [0.05, 0.1) is 6.54 Å². The second-order valence-electron chi connectivity index (χ2n) is 10.0. The summed E-state index contributed by atoms with van der Waals surface area (Å²) in [6, 6.07) is 11.6. The van der Waals surface area contributed by atoms with Crippen LogP contribution in [0.25, 0.3) is 0 Å². The summed E-state index contributed by atoms with van der Waals surface area (Å²) in [6.45, 7) is 4.22. The second kappa shape index (κ2) is 21.8. The molecule has 1 aliphatic heterocycles. The largest absolute Gasteiger partial charge is 0.550 e. The number of carbonyl (C=O) groups excluding carboxylic acids is 2. The van der Waals surface area contributed by atoms with E-state index in [1.54, 1.807) is 24.8 Å². The minimum absolute atomic E-state index is 0. The van der Waals surface area contributed by atoms with Gasteiger partial charge in [-0.25, -0.2) is 0 Å². The van der Waals surface area contributed by atoms with E-state index >= 15 is 0 Å². The Morgan fingerprint density at radius 1 is 0.955 bits per heavy atom. The number of carbonyl (C=O) groups is 4. The molecule has 1 radical (unpaired) electrons. The molecule has 44 heavy (non-hydrogen) atoms. The number of unbranched alkanes of at least 4 members (excludes halogenated alkanes) is 2. The van der Waals surface area contributed by atoms with E-state index in [1.165, 1.54) is 0 Å². The van der Waals surface area contributed by atoms with Crippen molar-refractivity contribution in [2.75, 3.05) is 6.54 Å². The van der Waals surface area contributed by atoms with Crippen molar-refractivity contribution in [3.63, 3.8) is 0 Å². The van der Waals surface area contributed by atoms with Gasteiger partial charge in [-0.05, 0) is 42.5 Å². The van der Waals surface area contributed by atoms with Gasteiger partial charge in [0.1, 0.15) is 12.1 Å². The second-order valence-corrected chi connectivity index (χ2v) is 11.1. The molecule has 0 aromatic heterocycles. The molecular weight excluding hydrogens is 663 g/mol. The van der Waals surface area contributed by atoms with Gasteiger partial charge in [0, 0.05) is 66.4 Å². The van der Waals surface area contributed by atoms with Gasteiger partial charge in [-0.1, -0.05) is 75.2 Å². The van der Waals surface area contributed by atoms with Crippen molar-refractivity contribution < 1.29 is 72.2 Å². The Labute approximate surface area is 287 Å². The molecular formula is C30H43N5O7SY. The summed E-state index contributed by atoms with van der Waals surface area (Å²) in [5.41, 5.74) is 23.0. The van der Waals surface area contributed by atoms with Crippen LogP contribution >= 0.6 is 11.8 Å². The van der Waals surface area contributed by atoms with E-state index < -0.39 is 35.9 Å². The van der Waals surface area contributed by atoms with Crippen molar-refractivity contribution in [3.8, 4) is 0 Å². The number of aliphatic carboxylic acids is 3. The Bertz CT molecular complexity index is 1270. The number of hydrogen-bond acceptors (Lipinski definition) is 8. The fraction of sp³-hybridized carbons (Fsp3) is 0.433. The molecule has 239 valence electrons. The van der Waals surface area contributed by atoms with E-state index in [9.17, 15) is 24.3 Å². The zero-order valence-electron chi connectivity index (χ0n) is 25.2. The maximum atomic E-state index is 12.3. The predicted octanol–water partition coefficient (Wildman–Crippen LogP) is -0.0614. The molecule has 3 atom stereocenters. The van der Waals surface area contributed by atoms with Gasteiger partial charge in [-0.3, -0.25) is 30.8 Å². The van der Waals surface area contributed by atoms with E-state index in [-0.39, 0.29) is 44.5 Å². The van der Waals surface area contributed by atoms with Crippen LogP contribution < -0.4 is 33.0 Å². The third kappa shape index (κ3) is 15.2. The van der Waals surface area contributed by atoms with Gasteiger partial charge in [-0.15, -0.1) is 0 Å². The van der Waals surface area contributed by atoms with Gasteiger partial charge in [0.15, 0.2) is 5.78 Å². The number of hydrogen-bond donors (Lipinski definition) is 7. The Morgan fingerprint density at radius 2 is 1.55 bits per heavy atom. The van der Waals surface area contributed by atoms with Crippen molar-refractivity contribution in [3.05, 3.63) is 59.2 Å². The van der Waals surface area contributed by atoms with E-state index in [1.807, 2.05) is 36.4 Å². The molecule has 0 aliphatic carbocycles. The fourth-order valence-corrected chi connectivity index (χ4v) is 4.90. The summed E-state index contributed by atoms with van der Waals surface area (Å²) in [7, 11) is 0. The molecule has 2 aromatic carbocycles. The zero-order valence-corrected chi connectivity index (χ0v) is 28.8. The van der Waals surface area contributed by atoms with Crippen LogP contribution in [-0.4, -0.2) is 58.5 Å². The van der Waals surface area contributed by atoms with Crippen molar-refractivity contribution >= 4 is 41.4 Å². The smallest absolute Gasteiger partial charge is 0.338 e. The molecule has 0 spiro atoms. The normalized spacial score (nSPS) is 13.3. The molecule has 11 N–H and O–H groups in total. The monoisotopic (exact) mass is 706 g/mol. The molecule has 0 bridgehead atoms. The Kier molecular flexibility index (Phi) is 20.4. The first-order valence-electron chi connectivity index (χ1n) is 14.0. The molecule has 0 saturated heterocycles. The van der Waals surface area contributed by atoms with Crippen LogP contribution in [0.15, 0.2) is 52.3 Å². The van der Waals surface area contributed by atoms with Crippen LogP contribution in [0.5, 0.6) is 0 Å². The molecule has 14 heteroatoms. The number of Topliss-reactive ketones (excluding diaryl/α,β-unsaturated/α-hetero) is 1. The third-order valence-electron chi connectivity index (χ3n) is 6.47. The quantitative estimate of drug-likeness (QED) is 0.0871. The number of nitrogens with two attached hydrogens (primary N) is 4. The number of benzene rings is 2. The number of carboxylic acids is 3. The fourth-order valence-electron chi connectivity index (χ4n) is 3.83. The standard InChI is InChI=1S/C17H14O3S.C7H15NO2.C6H14N4O2.Y/c1-10(17(19)20)11-6-7-15-12(8-11)9-14(18)13-4-2-3-5-16(13)21-15;1-2-3-4-5-6(8)7(9)10;7-4(5(11)12)2-1-3-10-6(8)9;/h2-8,10H,9H2,1H3,(H,19,20);6H,2-5,8H2,1H3,(H,9,10);4H,1-3,7H2,(H,11,12)(H4,8,9,10);/t;6-;4-;/m.11./s1. The zero-order chi connectivity index (χ0) is 32.5. The summed E-state index contributed by atoms with van der Waals surface area (Å²) in [5, 5.41) is 27.7. The van der Waals surface area contributed by atoms with Crippen LogP contribution in [0.2, 0.25) is 0 Å². The van der Waals surface area contributed by atoms with Crippen molar-refractivity contribution in [1.82, 2.24) is 0 Å². The van der Waals surface area contributed by atoms with E-state index in [4.69, 9.17) is 33.1 Å². The van der Waals surface area contributed by atoms with Gasteiger partial charge >= 0.3 is 17.9 Å². The third-order valence-corrected chi connectivity index (χ3v) is 7.66. The van der Waals surface area contributed by atoms with Gasteiger partial charge in [0.25, 0.3) is 0 Å². The van der Waals surface area contributed by atoms with Gasteiger partial charge in [-0.2, -0.15) is 0 Å². The number of nitrogens with one attached hydrogen (secondary N) is 1. The first kappa shape index (κ1) is 41.2. The summed E-state index contributed by atoms with van der Waals surface area (Å²) >= 11 is 1.55. The molecule has 3 rings (SSSR count). The average molecular weight is 707 g/mol. The van der Waals surface area contributed by atoms with Crippen LogP contribution in [0.4, 0.5) is 0 Å². The van der Waals surface area contributed by atoms with Gasteiger partial charge in [0.2, 0.25) is 0 Å². The van der Waals surface area contributed by atoms with Crippen LogP contribution in [0.1, 0.15) is 79.8 Å². The van der Waals surface area contributed by atoms with Crippen molar-refractivity contribution in [2.45, 2.75) is 86.6 Å². The minimum Gasteiger partial charge on any atom is -0.550 e. The number of carboxylic acid groups (broad SMARTS) is 3. The molecule has 0 amide bonds. The van der Waals surface area contributed by atoms with Crippen LogP contribution in [-0.2, 0) is 53.5 Å². The minimum atomic E-state index is -1.11. The van der Waals surface area contributed by atoms with Crippen LogP contribution in [0.3, 0.4) is 0 Å². The molecule has 12 nitrogen and oxygen atoms in total. The number of fused-ring (bicyclic) bond motifs is 2. The summed E-state index contributed by atoms with van der Waals surface area (Å²) in [4.78, 5) is 48.3. The predicted molar refractivity (Wildman–Crippen MR) is 162 cm³/mol. The van der Waals surface area contributed by atoms with Crippen LogP contribution in [0, 0.1) is 0 Å². The Morgan fingerprint density at radius 3 is 2.09 bits per heavy atom. The number of rotatable bonds is 12. The first-order chi connectivity index (χ1) is 20.3. The first-order valence-corrected chi connectivity index (χ1v) is 14.8. The summed E-state index contributed by atoms with van der Waals surface area (Å²) in [5.74, 6) is -3.46. The van der Waals surface area contributed by atoms with E-state index in [0.29, 0.717) is 37.8 Å². The van der Waals surface area contributed by atoms with Crippen molar-refractivity contribution in [1.29, 1.82) is 0 Å². The SMILES string of the molecule is CC(C(=O)[O-])c1ccc2c(c1)CC(=O)c1ccccc1S2.CCCCC[C@@H](N)C(=O)O.NC(N)=[NH+]CCC[C@@H](N)C(=O)O.[Y]. The van der Waals surface area contributed by atoms with Crippen molar-refractivity contribution in [2.24, 2.45) is 22.9 Å². The molecule has 0 fully saturated rings. The van der Waals surface area contributed by atoms with E-state index in [0.717, 1.165) is 40.2 Å². The Balaban J connectivity index is 0.000000692. The Hall–Kier alpha value is -2.84. The maximum Gasteiger partial charge on any atom is 0.338 e. The molecule has 2 aromatic rings. The summed E-state index contributed by atoms with van der Waals surface area (Å²) < 4.78 is 0. The maximum absolute atomic E-state index is 12.3. The molecule has 1 aliphatic rings. The average Bonchev–Trinajstić information content (AvgIpc) is 3.10. The summed E-state index contributed by atoms with van der Waals surface area (Å²) in [6.07, 6.45) is 5.04. The molecule has 1 unspecified atom stereocenters. The van der Waals surface area contributed by atoms with Gasteiger partial charge < -0.3 is 31.6 Å². The number of guanidine groups is 1. The molecule has 1 heterocycles. The number of ketones is 1. The van der Waals surface area contributed by atoms with E-state index in [2.05, 4.69) is 11.9 Å². The molecule has 0 saturated carbocycles.